The quantitative estimate of drug-likeness (QED) is 0.554. The highest BCUT2D eigenvalue weighted by molar-refractivity contribution is 7.07. The highest BCUT2D eigenvalue weighted by Gasteiger charge is 2.10. The molecule has 1 rings (SSSR count). The molecule has 0 bridgehead atoms. The molecule has 0 fully saturated rings. The van der Waals surface area contributed by atoms with Crippen molar-refractivity contribution in [2.45, 2.75) is 38.3 Å². The maximum atomic E-state index is 5.53. The average molecular weight is 228 g/mol. The molecule has 0 spiro atoms. The summed E-state index contributed by atoms with van der Waals surface area (Å²) >= 11 is 1.73. The van der Waals surface area contributed by atoms with Gasteiger partial charge in [-0.3, -0.25) is 11.3 Å². The Bertz CT molecular complexity index is 251. The summed E-state index contributed by atoms with van der Waals surface area (Å²) in [6.07, 6.45) is 3.39. The van der Waals surface area contributed by atoms with Crippen LogP contribution in [0.1, 0.15) is 25.3 Å². The Hall–Kier alpha value is -0.420. The first-order chi connectivity index (χ1) is 7.26. The number of rotatable bonds is 7. The van der Waals surface area contributed by atoms with Gasteiger partial charge in [0, 0.05) is 13.2 Å². The summed E-state index contributed by atoms with van der Waals surface area (Å²) in [5.41, 5.74) is 4.22. The number of hydrogen-bond donors (Lipinski definition) is 2. The second-order valence-electron chi connectivity index (χ2n) is 3.82. The minimum Gasteiger partial charge on any atom is -0.382 e. The number of hydrogen-bond acceptors (Lipinski definition) is 4. The lowest BCUT2D eigenvalue weighted by atomic mass is 10.0. The standard InChI is InChI=1S/C11H20N2OS/c1-9(14-2)3-4-11(13-12)7-10-5-6-15-8-10/h5-6,8-9,11,13H,3-4,7,12H2,1-2H3. The minimum absolute atomic E-state index is 0.309. The number of methoxy groups -OCH3 is 1. The summed E-state index contributed by atoms with van der Waals surface area (Å²) in [4.78, 5) is 0. The van der Waals surface area contributed by atoms with Crippen LogP contribution < -0.4 is 11.3 Å². The van der Waals surface area contributed by atoms with Crippen LogP contribution in [0, 0.1) is 0 Å². The molecule has 0 amide bonds. The van der Waals surface area contributed by atoms with Crippen LogP contribution >= 0.6 is 11.3 Å². The molecular weight excluding hydrogens is 208 g/mol. The maximum Gasteiger partial charge on any atom is 0.0543 e. The molecular formula is C11H20N2OS. The van der Waals surface area contributed by atoms with Crippen LogP contribution in [0.3, 0.4) is 0 Å². The molecule has 0 aliphatic carbocycles. The van der Waals surface area contributed by atoms with Crippen LogP contribution in [0.4, 0.5) is 0 Å². The molecule has 3 nitrogen and oxygen atoms in total. The van der Waals surface area contributed by atoms with Crippen molar-refractivity contribution >= 4 is 11.3 Å². The molecule has 0 saturated heterocycles. The topological polar surface area (TPSA) is 47.3 Å². The largest absolute Gasteiger partial charge is 0.382 e. The Morgan fingerprint density at radius 2 is 2.33 bits per heavy atom. The third kappa shape index (κ3) is 4.75. The fourth-order valence-corrected chi connectivity index (χ4v) is 2.17. The van der Waals surface area contributed by atoms with E-state index in [9.17, 15) is 0 Å². The predicted octanol–water partition coefficient (Wildman–Crippen LogP) is 1.94. The van der Waals surface area contributed by atoms with Crippen molar-refractivity contribution in [3.05, 3.63) is 22.4 Å². The smallest absolute Gasteiger partial charge is 0.0543 e. The molecule has 3 N–H and O–H groups in total. The van der Waals surface area contributed by atoms with Gasteiger partial charge in [0.05, 0.1) is 6.10 Å². The summed E-state index contributed by atoms with van der Waals surface area (Å²) in [5.74, 6) is 5.53. The van der Waals surface area contributed by atoms with Crippen molar-refractivity contribution in [3.63, 3.8) is 0 Å². The van der Waals surface area contributed by atoms with Gasteiger partial charge in [0.2, 0.25) is 0 Å². The Morgan fingerprint density at radius 3 is 2.87 bits per heavy atom. The van der Waals surface area contributed by atoms with E-state index in [0.717, 1.165) is 19.3 Å². The first-order valence-electron chi connectivity index (χ1n) is 5.26. The Labute approximate surface area is 95.6 Å². The van der Waals surface area contributed by atoms with E-state index >= 15 is 0 Å². The highest BCUT2D eigenvalue weighted by atomic mass is 32.1. The van der Waals surface area contributed by atoms with Crippen molar-refractivity contribution in [2.75, 3.05) is 7.11 Å². The fourth-order valence-electron chi connectivity index (χ4n) is 1.49. The van der Waals surface area contributed by atoms with E-state index in [4.69, 9.17) is 10.6 Å². The summed E-state index contributed by atoms with van der Waals surface area (Å²) in [5, 5.41) is 4.27. The van der Waals surface area contributed by atoms with Crippen molar-refractivity contribution in [1.82, 2.24) is 5.43 Å². The second-order valence-corrected chi connectivity index (χ2v) is 4.60. The molecule has 0 aromatic carbocycles. The lowest BCUT2D eigenvalue weighted by molar-refractivity contribution is 0.106. The Balaban J connectivity index is 2.30. The summed E-state index contributed by atoms with van der Waals surface area (Å²) in [7, 11) is 1.74. The van der Waals surface area contributed by atoms with Gasteiger partial charge in [-0.2, -0.15) is 11.3 Å². The van der Waals surface area contributed by atoms with Gasteiger partial charge in [0.25, 0.3) is 0 Å². The fraction of sp³-hybridized carbons (Fsp3) is 0.636. The molecule has 0 aliphatic heterocycles. The normalized spacial score (nSPS) is 15.1. The summed E-state index contributed by atoms with van der Waals surface area (Å²) in [6.45, 7) is 2.08. The van der Waals surface area contributed by atoms with Gasteiger partial charge in [-0.15, -0.1) is 0 Å². The predicted molar refractivity (Wildman–Crippen MR) is 64.8 cm³/mol. The molecule has 0 radical (unpaired) electrons. The van der Waals surface area contributed by atoms with Crippen LogP contribution in [-0.2, 0) is 11.2 Å². The SMILES string of the molecule is COC(C)CCC(Cc1ccsc1)NN. The maximum absolute atomic E-state index is 5.53. The van der Waals surface area contributed by atoms with Crippen LogP contribution in [0.15, 0.2) is 16.8 Å². The van der Waals surface area contributed by atoms with Gasteiger partial charge in [0.15, 0.2) is 0 Å². The van der Waals surface area contributed by atoms with Crippen molar-refractivity contribution in [2.24, 2.45) is 5.84 Å². The molecule has 0 saturated carbocycles. The van der Waals surface area contributed by atoms with Crippen LogP contribution in [0.5, 0.6) is 0 Å². The zero-order valence-corrected chi connectivity index (χ0v) is 10.2. The molecule has 86 valence electrons. The third-order valence-electron chi connectivity index (χ3n) is 2.62. The van der Waals surface area contributed by atoms with E-state index in [1.54, 1.807) is 18.4 Å². The Morgan fingerprint density at radius 1 is 1.53 bits per heavy atom. The van der Waals surface area contributed by atoms with Crippen LogP contribution in [0.25, 0.3) is 0 Å². The van der Waals surface area contributed by atoms with E-state index in [-0.39, 0.29) is 0 Å². The molecule has 15 heavy (non-hydrogen) atoms. The lowest BCUT2D eigenvalue weighted by Crippen LogP contribution is -2.37. The molecule has 4 heteroatoms. The number of nitrogens with two attached hydrogens (primary N) is 1. The number of hydrazine groups is 1. The van der Waals surface area contributed by atoms with Gasteiger partial charge < -0.3 is 4.74 Å². The molecule has 2 atom stereocenters. The lowest BCUT2D eigenvalue weighted by Gasteiger charge is -2.17. The van der Waals surface area contributed by atoms with Crippen LogP contribution in [0.2, 0.25) is 0 Å². The highest BCUT2D eigenvalue weighted by Crippen LogP contribution is 2.12. The van der Waals surface area contributed by atoms with Crippen molar-refractivity contribution in [1.29, 1.82) is 0 Å². The summed E-state index contributed by atoms with van der Waals surface area (Å²) < 4.78 is 5.21. The first kappa shape index (κ1) is 12.6. The number of nitrogens with one attached hydrogen (secondary N) is 1. The van der Waals surface area contributed by atoms with Crippen LogP contribution in [-0.4, -0.2) is 19.3 Å². The number of thiophene rings is 1. The van der Waals surface area contributed by atoms with E-state index in [2.05, 4.69) is 29.2 Å². The molecule has 1 aromatic rings. The minimum atomic E-state index is 0.309. The average Bonchev–Trinajstić information content (AvgIpc) is 2.76. The van der Waals surface area contributed by atoms with E-state index in [1.807, 2.05) is 0 Å². The van der Waals surface area contributed by atoms with Gasteiger partial charge in [-0.1, -0.05) is 0 Å². The monoisotopic (exact) mass is 228 g/mol. The summed E-state index contributed by atoms with van der Waals surface area (Å²) in [6, 6.07) is 2.49. The molecule has 1 heterocycles. The zero-order valence-electron chi connectivity index (χ0n) is 9.40. The zero-order chi connectivity index (χ0) is 11.1. The van der Waals surface area contributed by atoms with E-state index in [0.29, 0.717) is 12.1 Å². The third-order valence-corrected chi connectivity index (χ3v) is 3.35. The van der Waals surface area contributed by atoms with Gasteiger partial charge in [0.1, 0.15) is 0 Å². The van der Waals surface area contributed by atoms with E-state index < -0.39 is 0 Å². The van der Waals surface area contributed by atoms with E-state index in [1.165, 1.54) is 5.56 Å². The van der Waals surface area contributed by atoms with Gasteiger partial charge >= 0.3 is 0 Å². The molecule has 2 unspecified atom stereocenters. The van der Waals surface area contributed by atoms with Gasteiger partial charge in [-0.05, 0) is 48.6 Å². The first-order valence-corrected chi connectivity index (χ1v) is 6.20. The second kappa shape index (κ2) is 6.95. The molecule has 1 aromatic heterocycles. The number of ether oxygens (including phenoxy) is 1. The van der Waals surface area contributed by atoms with Crippen molar-refractivity contribution in [3.8, 4) is 0 Å². The van der Waals surface area contributed by atoms with Gasteiger partial charge in [-0.25, -0.2) is 0 Å². The Kier molecular flexibility index (Phi) is 5.86. The molecule has 0 aliphatic rings. The van der Waals surface area contributed by atoms with Crippen molar-refractivity contribution < 1.29 is 4.74 Å².